The molecule has 0 unspecified atom stereocenters. The molecule has 1 saturated heterocycles. The number of rotatable bonds is 5. The third-order valence-electron chi connectivity index (χ3n) is 4.46. The van der Waals surface area contributed by atoms with Gasteiger partial charge in [-0.1, -0.05) is 0 Å². The number of aromatic nitrogens is 2. The van der Waals surface area contributed by atoms with Crippen molar-refractivity contribution >= 4 is 11.9 Å². The summed E-state index contributed by atoms with van der Waals surface area (Å²) in [6.45, 7) is 3.60. The van der Waals surface area contributed by atoms with E-state index in [1.54, 1.807) is 0 Å². The number of hydrogen-bond acceptors (Lipinski definition) is 7. The molecule has 1 N–H and O–H groups in total. The quantitative estimate of drug-likeness (QED) is 0.712. The van der Waals surface area contributed by atoms with Gasteiger partial charge in [0.25, 0.3) is 5.56 Å². The zero-order valence-corrected chi connectivity index (χ0v) is 16.2. The van der Waals surface area contributed by atoms with Gasteiger partial charge in [0.2, 0.25) is 5.60 Å². The van der Waals surface area contributed by atoms with E-state index in [1.807, 2.05) is 4.98 Å². The largest absolute Gasteiger partial charge is 0.459 e. The summed E-state index contributed by atoms with van der Waals surface area (Å²) in [6.07, 6.45) is -5.94. The summed E-state index contributed by atoms with van der Waals surface area (Å²) in [6, 6.07) is 0. The van der Waals surface area contributed by atoms with Crippen molar-refractivity contribution in [1.29, 1.82) is 0 Å². The Morgan fingerprint density at radius 1 is 1.34 bits per heavy atom. The van der Waals surface area contributed by atoms with Crippen LogP contribution in [-0.4, -0.2) is 45.5 Å². The van der Waals surface area contributed by atoms with E-state index in [0.29, 0.717) is 0 Å². The van der Waals surface area contributed by atoms with E-state index in [9.17, 15) is 32.3 Å². The monoisotopic (exact) mass is 422 g/mol. The molecule has 0 saturated carbocycles. The summed E-state index contributed by atoms with van der Waals surface area (Å²) in [5.74, 6) is -1.98. The molecule has 9 nitrogen and oxygen atoms in total. The first-order valence-corrected chi connectivity index (χ1v) is 8.62. The van der Waals surface area contributed by atoms with Crippen LogP contribution in [0.1, 0.15) is 45.4 Å². The highest BCUT2D eigenvalue weighted by atomic mass is 19.4. The smallest absolute Gasteiger partial charge is 0.420 e. The van der Waals surface area contributed by atoms with Crippen LogP contribution in [0.2, 0.25) is 0 Å². The highest BCUT2D eigenvalue weighted by Crippen LogP contribution is 2.46. The van der Waals surface area contributed by atoms with Crippen LogP contribution < -0.4 is 11.2 Å². The van der Waals surface area contributed by atoms with Crippen LogP contribution in [-0.2, 0) is 23.8 Å². The maximum atomic E-state index is 13.8. The van der Waals surface area contributed by atoms with Crippen LogP contribution in [0.4, 0.5) is 13.2 Å². The van der Waals surface area contributed by atoms with E-state index in [0.717, 1.165) is 17.7 Å². The Balaban J connectivity index is 2.24. The van der Waals surface area contributed by atoms with Gasteiger partial charge >= 0.3 is 23.8 Å². The second-order valence-electron chi connectivity index (χ2n) is 7.26. The minimum atomic E-state index is -4.92. The van der Waals surface area contributed by atoms with Crippen LogP contribution in [0.15, 0.2) is 15.8 Å². The van der Waals surface area contributed by atoms with Crippen molar-refractivity contribution in [1.82, 2.24) is 9.55 Å². The lowest BCUT2D eigenvalue weighted by atomic mass is 10.0. The van der Waals surface area contributed by atoms with Gasteiger partial charge in [-0.25, -0.2) is 9.59 Å². The Labute approximate surface area is 162 Å². The van der Waals surface area contributed by atoms with Gasteiger partial charge in [-0.05, 0) is 33.6 Å². The number of carbonyl (C=O) groups excluding carboxylic acids is 2. The minimum Gasteiger partial charge on any atom is -0.459 e. The Morgan fingerprint density at radius 2 is 1.97 bits per heavy atom. The molecule has 0 amide bonds. The van der Waals surface area contributed by atoms with Crippen molar-refractivity contribution in [3.8, 4) is 0 Å². The van der Waals surface area contributed by atoms with Gasteiger partial charge in [0.15, 0.2) is 5.60 Å². The molecule has 2 atom stereocenters. The molecule has 1 aromatic heterocycles. The third kappa shape index (κ3) is 4.69. The summed E-state index contributed by atoms with van der Waals surface area (Å²) in [5.41, 5.74) is -6.11. The van der Waals surface area contributed by atoms with E-state index < -0.39 is 59.8 Å². The van der Waals surface area contributed by atoms with E-state index in [-0.39, 0.29) is 12.0 Å². The first-order valence-electron chi connectivity index (χ1n) is 8.62. The van der Waals surface area contributed by atoms with E-state index >= 15 is 0 Å². The molecule has 1 aromatic rings. The molecule has 12 heteroatoms. The second-order valence-corrected chi connectivity index (χ2v) is 7.26. The van der Waals surface area contributed by atoms with Gasteiger partial charge in [0.05, 0.1) is 0 Å². The first kappa shape index (κ1) is 22.7. The summed E-state index contributed by atoms with van der Waals surface area (Å²) < 4.78 is 56.8. The molecular formula is C17H21F3N2O7. The number of nitrogens with zero attached hydrogens (tertiary/aromatic N) is 1. The van der Waals surface area contributed by atoms with Crippen molar-refractivity contribution < 1.29 is 37.0 Å². The number of carbonyl (C=O) groups is 2. The molecule has 2 rings (SSSR count). The summed E-state index contributed by atoms with van der Waals surface area (Å²) >= 11 is 0. The van der Waals surface area contributed by atoms with Crippen molar-refractivity contribution in [3.63, 3.8) is 0 Å². The molecule has 0 aliphatic carbocycles. The molecule has 0 bridgehead atoms. The number of nitrogens with one attached hydrogen (secondary N) is 1. The van der Waals surface area contributed by atoms with Crippen molar-refractivity contribution in [3.05, 3.63) is 32.6 Å². The van der Waals surface area contributed by atoms with Crippen LogP contribution in [0.25, 0.3) is 0 Å². The zero-order chi connectivity index (χ0) is 22.2. The number of esters is 2. The topological polar surface area (TPSA) is 117 Å². The van der Waals surface area contributed by atoms with Gasteiger partial charge in [-0.15, -0.1) is 0 Å². The summed E-state index contributed by atoms with van der Waals surface area (Å²) in [7, 11) is 0. The lowest BCUT2D eigenvalue weighted by Gasteiger charge is -2.32. The Hall–Kier alpha value is -2.63. The molecule has 0 radical (unpaired) electrons. The van der Waals surface area contributed by atoms with Crippen molar-refractivity contribution in [2.75, 3.05) is 6.61 Å². The molecular weight excluding hydrogens is 401 g/mol. The molecule has 0 spiro atoms. The Morgan fingerprint density at radius 3 is 2.52 bits per heavy atom. The molecule has 0 aromatic carbocycles. The van der Waals surface area contributed by atoms with Gasteiger partial charge in [0.1, 0.15) is 12.8 Å². The molecule has 29 heavy (non-hydrogen) atoms. The first-order chi connectivity index (χ1) is 13.2. The average molecular weight is 422 g/mol. The fraction of sp³-hybridized carbons (Fsp3) is 0.647. The molecule has 1 aliphatic heterocycles. The van der Waals surface area contributed by atoms with Crippen LogP contribution in [0, 0.1) is 6.92 Å². The maximum absolute atomic E-state index is 13.8. The van der Waals surface area contributed by atoms with Gasteiger partial charge in [0, 0.05) is 18.7 Å². The number of halogens is 3. The fourth-order valence-electron chi connectivity index (χ4n) is 2.88. The Kier molecular flexibility index (Phi) is 5.98. The minimum absolute atomic E-state index is 0.118. The third-order valence-corrected chi connectivity index (χ3v) is 4.46. The molecule has 1 fully saturated rings. The summed E-state index contributed by atoms with van der Waals surface area (Å²) in [5, 5.41) is 0. The highest BCUT2D eigenvalue weighted by molar-refractivity contribution is 5.82. The lowest BCUT2D eigenvalue weighted by molar-refractivity contribution is -0.291. The predicted octanol–water partition coefficient (Wildman–Crippen LogP) is 1.34. The van der Waals surface area contributed by atoms with E-state index in [2.05, 4.69) is 0 Å². The number of alkyl halides is 3. The Bertz CT molecular complexity index is 919. The SMILES string of the molecule is CC(=O)OC(C)(C)C(=O)OC[C@]1(C(F)(F)F)CC[C@H](n2cc(C)c(=O)[nH]c2=O)O1. The normalized spacial score (nSPS) is 22.4. The maximum Gasteiger partial charge on any atom is 0.420 e. The lowest BCUT2D eigenvalue weighted by Crippen LogP contribution is -2.51. The number of aromatic amines is 1. The number of aryl methyl sites for hydroxylation is 1. The molecule has 2 heterocycles. The van der Waals surface area contributed by atoms with Crippen LogP contribution in [0.3, 0.4) is 0 Å². The average Bonchev–Trinajstić information content (AvgIpc) is 3.00. The molecule has 1 aliphatic rings. The number of H-pyrrole nitrogens is 1. The number of ether oxygens (including phenoxy) is 3. The van der Waals surface area contributed by atoms with Gasteiger partial charge in [-0.3, -0.25) is 19.1 Å². The molecule has 162 valence electrons. The van der Waals surface area contributed by atoms with Gasteiger partial charge in [-0.2, -0.15) is 13.2 Å². The van der Waals surface area contributed by atoms with Crippen LogP contribution >= 0.6 is 0 Å². The van der Waals surface area contributed by atoms with Crippen molar-refractivity contribution in [2.24, 2.45) is 0 Å². The van der Waals surface area contributed by atoms with E-state index in [4.69, 9.17) is 14.2 Å². The standard InChI is InChI=1S/C17H21F3N2O7/c1-9-7-22(14(26)21-12(9)24)11-5-6-16(29-11,17(18,19)20)8-27-13(25)15(3,4)28-10(2)23/h7,11H,5-6,8H2,1-4H3,(H,21,24,26)/t11-,16+/m1/s1. The van der Waals surface area contributed by atoms with Crippen molar-refractivity contribution in [2.45, 2.75) is 64.1 Å². The predicted molar refractivity (Wildman–Crippen MR) is 91.0 cm³/mol. The zero-order valence-electron chi connectivity index (χ0n) is 16.2. The van der Waals surface area contributed by atoms with Crippen LogP contribution in [0.5, 0.6) is 0 Å². The fourth-order valence-corrected chi connectivity index (χ4v) is 2.88. The van der Waals surface area contributed by atoms with E-state index in [1.165, 1.54) is 20.8 Å². The highest BCUT2D eigenvalue weighted by Gasteiger charge is 2.61. The number of hydrogen-bond donors (Lipinski definition) is 1. The van der Waals surface area contributed by atoms with Gasteiger partial charge < -0.3 is 14.2 Å². The second kappa shape index (κ2) is 7.65. The summed E-state index contributed by atoms with van der Waals surface area (Å²) in [4.78, 5) is 48.5.